The quantitative estimate of drug-likeness (QED) is 0.104. The van der Waals surface area contributed by atoms with Gasteiger partial charge in [-0.1, -0.05) is 59.7 Å². The number of hydrogen-bond donors (Lipinski definition) is 0. The maximum Gasteiger partial charge on any atom is 0.338 e. The second-order valence-electron chi connectivity index (χ2n) is 8.22. The predicted octanol–water partition coefficient (Wildman–Crippen LogP) is 5.30. The number of rotatable bonds is 8. The molecule has 4 rings (SSSR count). The largest absolute Gasteiger partial charge is 0.458 e. The van der Waals surface area contributed by atoms with Crippen molar-refractivity contribution in [3.8, 4) is 0 Å². The summed E-state index contributed by atoms with van der Waals surface area (Å²) in [4.78, 5) is 41.0. The maximum absolute atomic E-state index is 12.9. The van der Waals surface area contributed by atoms with Crippen LogP contribution in [0.15, 0.2) is 108 Å². The van der Waals surface area contributed by atoms with Crippen molar-refractivity contribution >= 4 is 17.9 Å². The summed E-state index contributed by atoms with van der Waals surface area (Å²) < 4.78 is 16.8. The van der Waals surface area contributed by atoms with Crippen LogP contribution in [0, 0.1) is 0 Å². The molecule has 3 aromatic carbocycles. The molecule has 0 saturated carbocycles. The zero-order chi connectivity index (χ0) is 26.0. The van der Waals surface area contributed by atoms with E-state index in [4.69, 9.17) is 14.2 Å². The summed E-state index contributed by atoms with van der Waals surface area (Å²) in [5.74, 6) is -1.83. The molecule has 9 heteroatoms. The predicted molar refractivity (Wildman–Crippen MR) is 134 cm³/mol. The van der Waals surface area contributed by atoms with Gasteiger partial charge in [-0.15, -0.1) is 0 Å². The Morgan fingerprint density at radius 2 is 1.24 bits per heavy atom. The van der Waals surface area contributed by atoms with Crippen molar-refractivity contribution in [2.45, 2.75) is 24.7 Å². The average Bonchev–Trinajstić information content (AvgIpc) is 2.94. The van der Waals surface area contributed by atoms with Gasteiger partial charge in [0, 0.05) is 4.91 Å². The standard InChI is InChI=1S/C28H23N3O6/c29-31-30-23-16-19(18-35-26(32)20-10-4-1-5-11-20)17-24(36-27(33)21-12-6-2-7-13-21)25(23)37-28(34)22-14-8-3-9-15-22/h1-15,17,23-25H,16,18H2/t23-,24-,25-/m0/s1. The molecule has 0 amide bonds. The summed E-state index contributed by atoms with van der Waals surface area (Å²) >= 11 is 0. The van der Waals surface area contributed by atoms with Gasteiger partial charge in [-0.3, -0.25) is 0 Å². The Morgan fingerprint density at radius 1 is 0.757 bits per heavy atom. The lowest BCUT2D eigenvalue weighted by molar-refractivity contribution is -0.0330. The van der Waals surface area contributed by atoms with Crippen LogP contribution in [-0.2, 0) is 14.2 Å². The average molecular weight is 498 g/mol. The van der Waals surface area contributed by atoms with Gasteiger partial charge in [0.1, 0.15) is 6.61 Å². The smallest absolute Gasteiger partial charge is 0.338 e. The van der Waals surface area contributed by atoms with Crippen LogP contribution in [0.2, 0.25) is 0 Å². The highest BCUT2D eigenvalue weighted by molar-refractivity contribution is 5.91. The number of nitrogens with zero attached hydrogens (tertiary/aromatic N) is 3. The maximum atomic E-state index is 12.9. The highest BCUT2D eigenvalue weighted by Gasteiger charge is 2.39. The number of benzene rings is 3. The Labute approximate surface area is 212 Å². The molecule has 186 valence electrons. The minimum atomic E-state index is -1.09. The van der Waals surface area contributed by atoms with E-state index in [0.717, 1.165) is 0 Å². The Kier molecular flexibility index (Phi) is 8.31. The third-order valence-electron chi connectivity index (χ3n) is 5.68. The molecule has 1 aliphatic rings. The minimum Gasteiger partial charge on any atom is -0.458 e. The van der Waals surface area contributed by atoms with E-state index in [2.05, 4.69) is 10.0 Å². The lowest BCUT2D eigenvalue weighted by Gasteiger charge is -2.34. The van der Waals surface area contributed by atoms with Crippen molar-refractivity contribution in [3.63, 3.8) is 0 Å². The lowest BCUT2D eigenvalue weighted by atomic mass is 9.90. The van der Waals surface area contributed by atoms with E-state index < -0.39 is 36.2 Å². The van der Waals surface area contributed by atoms with Crippen molar-refractivity contribution < 1.29 is 28.6 Å². The molecule has 0 heterocycles. The van der Waals surface area contributed by atoms with Crippen molar-refractivity contribution in [2.75, 3.05) is 6.61 Å². The van der Waals surface area contributed by atoms with Gasteiger partial charge in [-0.05, 0) is 60.0 Å². The fourth-order valence-electron chi connectivity index (χ4n) is 3.87. The third-order valence-corrected chi connectivity index (χ3v) is 5.68. The Balaban J connectivity index is 1.59. The number of azide groups is 1. The van der Waals surface area contributed by atoms with Crippen molar-refractivity contribution in [1.29, 1.82) is 0 Å². The van der Waals surface area contributed by atoms with E-state index in [9.17, 15) is 19.9 Å². The number of carbonyl (C=O) groups is 3. The van der Waals surface area contributed by atoms with Crippen LogP contribution in [0.5, 0.6) is 0 Å². The van der Waals surface area contributed by atoms with Gasteiger partial charge >= 0.3 is 17.9 Å². The van der Waals surface area contributed by atoms with Crippen LogP contribution in [-0.4, -0.2) is 42.8 Å². The molecule has 1 aliphatic carbocycles. The third kappa shape index (κ3) is 6.62. The van der Waals surface area contributed by atoms with Gasteiger partial charge in [-0.25, -0.2) is 14.4 Å². The second-order valence-corrected chi connectivity index (χ2v) is 8.22. The number of ether oxygens (including phenoxy) is 3. The molecule has 0 fully saturated rings. The molecule has 0 aromatic heterocycles. The van der Waals surface area contributed by atoms with Gasteiger partial charge in [0.25, 0.3) is 0 Å². The summed E-state index contributed by atoms with van der Waals surface area (Å²) in [7, 11) is 0. The summed E-state index contributed by atoms with van der Waals surface area (Å²) in [5, 5.41) is 3.81. The van der Waals surface area contributed by atoms with Gasteiger partial charge in [0.05, 0.1) is 22.7 Å². The first-order chi connectivity index (χ1) is 18.0. The molecular formula is C28H23N3O6. The van der Waals surface area contributed by atoms with Crippen molar-refractivity contribution in [3.05, 3.63) is 130 Å². The molecule has 0 spiro atoms. The highest BCUT2D eigenvalue weighted by atomic mass is 16.6. The molecule has 9 nitrogen and oxygen atoms in total. The molecule has 0 bridgehead atoms. The van der Waals surface area contributed by atoms with Crippen LogP contribution in [0.25, 0.3) is 10.4 Å². The second kappa shape index (κ2) is 12.2. The number of esters is 3. The molecule has 0 aliphatic heterocycles. The van der Waals surface area contributed by atoms with E-state index in [1.165, 1.54) is 0 Å². The lowest BCUT2D eigenvalue weighted by Crippen LogP contribution is -2.45. The molecule has 0 radical (unpaired) electrons. The molecule has 3 atom stereocenters. The fourth-order valence-corrected chi connectivity index (χ4v) is 3.87. The topological polar surface area (TPSA) is 128 Å². The monoisotopic (exact) mass is 497 g/mol. The number of carbonyl (C=O) groups excluding carboxylic acids is 3. The van der Waals surface area contributed by atoms with E-state index in [1.807, 2.05) is 0 Å². The van der Waals surface area contributed by atoms with E-state index in [1.54, 1.807) is 97.1 Å². The van der Waals surface area contributed by atoms with Crippen LogP contribution < -0.4 is 0 Å². The summed E-state index contributed by atoms with van der Waals surface area (Å²) in [6.07, 6.45) is -0.469. The molecule has 0 N–H and O–H groups in total. The molecule has 0 unspecified atom stereocenters. The summed E-state index contributed by atoms with van der Waals surface area (Å²) in [6.45, 7) is -0.121. The molecule has 37 heavy (non-hydrogen) atoms. The number of hydrogen-bond acceptors (Lipinski definition) is 7. The van der Waals surface area contributed by atoms with E-state index >= 15 is 0 Å². The summed E-state index contributed by atoms with van der Waals surface area (Å²) in [6, 6.07) is 24.2. The normalized spacial score (nSPS) is 18.5. The van der Waals surface area contributed by atoms with Gasteiger partial charge in [0.15, 0.2) is 12.2 Å². The van der Waals surface area contributed by atoms with Crippen LogP contribution in [0.4, 0.5) is 0 Å². The Hall–Kier alpha value is -4.88. The molecule has 3 aromatic rings. The SMILES string of the molecule is [N-]=[N+]=N[C@H]1CC(COC(=O)c2ccccc2)=C[C@H](OC(=O)c2ccccc2)[C@H]1OC(=O)c1ccccc1. The van der Waals surface area contributed by atoms with Crippen LogP contribution in [0.1, 0.15) is 37.5 Å². The summed E-state index contributed by atoms with van der Waals surface area (Å²) in [5.41, 5.74) is 10.7. The molecular weight excluding hydrogens is 474 g/mol. The van der Waals surface area contributed by atoms with E-state index in [0.29, 0.717) is 22.3 Å². The van der Waals surface area contributed by atoms with Gasteiger partial charge in [0.2, 0.25) is 0 Å². The highest BCUT2D eigenvalue weighted by Crippen LogP contribution is 2.29. The Bertz CT molecular complexity index is 1320. The van der Waals surface area contributed by atoms with E-state index in [-0.39, 0.29) is 13.0 Å². The zero-order valence-corrected chi connectivity index (χ0v) is 19.7. The van der Waals surface area contributed by atoms with Crippen molar-refractivity contribution in [1.82, 2.24) is 0 Å². The minimum absolute atomic E-state index is 0.121. The molecule has 0 saturated heterocycles. The van der Waals surface area contributed by atoms with Crippen LogP contribution >= 0.6 is 0 Å². The first-order valence-electron chi connectivity index (χ1n) is 11.5. The van der Waals surface area contributed by atoms with Gasteiger partial charge < -0.3 is 14.2 Å². The van der Waals surface area contributed by atoms with Crippen molar-refractivity contribution in [2.24, 2.45) is 5.11 Å². The first kappa shape index (κ1) is 25.2. The van der Waals surface area contributed by atoms with Gasteiger partial charge in [-0.2, -0.15) is 0 Å². The first-order valence-corrected chi connectivity index (χ1v) is 11.5. The zero-order valence-electron chi connectivity index (χ0n) is 19.7. The van der Waals surface area contributed by atoms with Crippen LogP contribution in [0.3, 0.4) is 0 Å². The fraction of sp³-hybridized carbons (Fsp3) is 0.179. The Morgan fingerprint density at radius 3 is 1.76 bits per heavy atom.